The summed E-state index contributed by atoms with van der Waals surface area (Å²) in [6, 6.07) is 12.3. The smallest absolute Gasteiger partial charge is 0.337 e. The Morgan fingerprint density at radius 3 is 2.30 bits per heavy atom. The monoisotopic (exact) mass is 371 g/mol. The fourth-order valence-electron chi connectivity index (χ4n) is 2.57. The quantitative estimate of drug-likeness (QED) is 0.749. The van der Waals surface area contributed by atoms with Gasteiger partial charge in [-0.2, -0.15) is 0 Å². The second kappa shape index (κ2) is 9.38. The Hall–Kier alpha value is -3.35. The number of benzene rings is 2. The van der Waals surface area contributed by atoms with Crippen LogP contribution in [0.5, 0.6) is 5.75 Å². The second-order valence-corrected chi connectivity index (χ2v) is 5.64. The minimum Gasteiger partial charge on any atom is -0.496 e. The Bertz CT molecular complexity index is 833. The summed E-state index contributed by atoms with van der Waals surface area (Å²) in [5, 5.41) is 2.65. The fraction of sp³-hybridized carbons (Fsp3) is 0.250. The van der Waals surface area contributed by atoms with Crippen molar-refractivity contribution < 1.29 is 28.6 Å². The number of hydrogen-bond acceptors (Lipinski definition) is 6. The van der Waals surface area contributed by atoms with Crippen molar-refractivity contribution in [2.45, 2.75) is 12.5 Å². The van der Waals surface area contributed by atoms with Crippen molar-refractivity contribution in [3.63, 3.8) is 0 Å². The Morgan fingerprint density at radius 2 is 1.63 bits per heavy atom. The summed E-state index contributed by atoms with van der Waals surface area (Å²) in [5.74, 6) is -1.04. The molecule has 0 unspecified atom stereocenters. The third kappa shape index (κ3) is 5.07. The molecule has 0 bridgehead atoms. The zero-order chi connectivity index (χ0) is 19.8. The summed E-state index contributed by atoms with van der Waals surface area (Å²) in [5.41, 5.74) is 1.22. The van der Waals surface area contributed by atoms with Gasteiger partial charge in [-0.15, -0.1) is 0 Å². The minimum atomic E-state index is -0.916. The van der Waals surface area contributed by atoms with Gasteiger partial charge in [0.15, 0.2) is 0 Å². The van der Waals surface area contributed by atoms with Gasteiger partial charge in [0.1, 0.15) is 11.8 Å². The molecule has 27 heavy (non-hydrogen) atoms. The summed E-state index contributed by atoms with van der Waals surface area (Å²) in [4.78, 5) is 36.4. The van der Waals surface area contributed by atoms with Crippen LogP contribution in [0, 0.1) is 0 Å². The third-order valence-electron chi connectivity index (χ3n) is 3.95. The average Bonchev–Trinajstić information content (AvgIpc) is 2.72. The van der Waals surface area contributed by atoms with Crippen LogP contribution >= 0.6 is 0 Å². The van der Waals surface area contributed by atoms with Crippen LogP contribution < -0.4 is 10.1 Å². The van der Waals surface area contributed by atoms with Crippen LogP contribution in [0.15, 0.2) is 48.5 Å². The lowest BCUT2D eigenvalue weighted by atomic mass is 10.0. The first-order chi connectivity index (χ1) is 13.0. The molecule has 0 spiro atoms. The van der Waals surface area contributed by atoms with Gasteiger partial charge in [0, 0.05) is 12.0 Å². The van der Waals surface area contributed by atoms with Crippen molar-refractivity contribution in [3.05, 3.63) is 65.2 Å². The summed E-state index contributed by atoms with van der Waals surface area (Å²) >= 11 is 0. The van der Waals surface area contributed by atoms with Gasteiger partial charge in [0.2, 0.25) is 0 Å². The number of rotatable bonds is 7. The second-order valence-electron chi connectivity index (χ2n) is 5.64. The van der Waals surface area contributed by atoms with Gasteiger partial charge in [0.25, 0.3) is 5.91 Å². The first kappa shape index (κ1) is 20.0. The molecule has 0 fully saturated rings. The third-order valence-corrected chi connectivity index (χ3v) is 3.95. The molecule has 0 radical (unpaired) electrons. The molecule has 2 rings (SSSR count). The zero-order valence-corrected chi connectivity index (χ0v) is 15.4. The molecule has 0 saturated carbocycles. The van der Waals surface area contributed by atoms with E-state index in [9.17, 15) is 14.4 Å². The molecule has 142 valence electrons. The largest absolute Gasteiger partial charge is 0.496 e. The van der Waals surface area contributed by atoms with E-state index >= 15 is 0 Å². The topological polar surface area (TPSA) is 90.9 Å². The van der Waals surface area contributed by atoms with Gasteiger partial charge in [-0.25, -0.2) is 9.59 Å². The zero-order valence-electron chi connectivity index (χ0n) is 15.4. The SMILES string of the molecule is COC(=O)c1cccc(C(=O)N[C@H](Cc2ccccc2OC)C(=O)OC)c1. The van der Waals surface area contributed by atoms with Crippen molar-refractivity contribution >= 4 is 17.8 Å². The van der Waals surface area contributed by atoms with Crippen LogP contribution in [0.1, 0.15) is 26.3 Å². The molecular formula is C20H21NO6. The van der Waals surface area contributed by atoms with Crippen LogP contribution in [-0.2, 0) is 20.7 Å². The van der Waals surface area contributed by atoms with Crippen LogP contribution in [0.4, 0.5) is 0 Å². The Labute approximate surface area is 157 Å². The molecule has 0 aromatic heterocycles. The van der Waals surface area contributed by atoms with Gasteiger partial charge < -0.3 is 19.5 Å². The summed E-state index contributed by atoms with van der Waals surface area (Å²) in [7, 11) is 4.04. The molecule has 7 nitrogen and oxygen atoms in total. The molecule has 2 aromatic rings. The Balaban J connectivity index is 2.22. The number of amides is 1. The number of esters is 2. The number of nitrogens with one attached hydrogen (secondary N) is 1. The number of ether oxygens (including phenoxy) is 3. The van der Waals surface area contributed by atoms with E-state index in [-0.39, 0.29) is 17.5 Å². The highest BCUT2D eigenvalue weighted by Gasteiger charge is 2.24. The van der Waals surface area contributed by atoms with E-state index < -0.39 is 23.9 Å². The lowest BCUT2D eigenvalue weighted by Crippen LogP contribution is -2.43. The molecule has 1 atom stereocenters. The van der Waals surface area contributed by atoms with Crippen LogP contribution in [0.25, 0.3) is 0 Å². The number of para-hydroxylation sites is 1. The van der Waals surface area contributed by atoms with Crippen LogP contribution in [-0.4, -0.2) is 45.2 Å². The lowest BCUT2D eigenvalue weighted by molar-refractivity contribution is -0.142. The molecule has 7 heteroatoms. The molecule has 0 aliphatic carbocycles. The summed E-state index contributed by atoms with van der Waals surface area (Å²) < 4.78 is 14.7. The van der Waals surface area contributed by atoms with E-state index in [1.807, 2.05) is 12.1 Å². The predicted octanol–water partition coefficient (Wildman–Crippen LogP) is 2.00. The highest BCUT2D eigenvalue weighted by Crippen LogP contribution is 2.19. The predicted molar refractivity (Wildman–Crippen MR) is 97.7 cm³/mol. The first-order valence-electron chi connectivity index (χ1n) is 8.19. The van der Waals surface area contributed by atoms with Gasteiger partial charge in [-0.1, -0.05) is 24.3 Å². The Morgan fingerprint density at radius 1 is 0.926 bits per heavy atom. The van der Waals surface area contributed by atoms with Gasteiger partial charge in [0.05, 0.1) is 26.9 Å². The van der Waals surface area contributed by atoms with Crippen LogP contribution in [0.2, 0.25) is 0 Å². The average molecular weight is 371 g/mol. The van der Waals surface area contributed by atoms with Gasteiger partial charge in [-0.05, 0) is 29.8 Å². The number of hydrogen-bond donors (Lipinski definition) is 1. The van der Waals surface area contributed by atoms with E-state index in [0.717, 1.165) is 5.56 Å². The van der Waals surface area contributed by atoms with Crippen molar-refractivity contribution in [2.75, 3.05) is 21.3 Å². The maximum absolute atomic E-state index is 12.6. The Kier molecular flexibility index (Phi) is 6.93. The molecule has 0 heterocycles. The van der Waals surface area contributed by atoms with E-state index in [2.05, 4.69) is 10.1 Å². The molecule has 0 aliphatic heterocycles. The van der Waals surface area contributed by atoms with Crippen molar-refractivity contribution in [2.24, 2.45) is 0 Å². The van der Waals surface area contributed by atoms with Crippen molar-refractivity contribution in [3.8, 4) is 5.75 Å². The standard InChI is InChI=1S/C20H21NO6/c1-25-17-10-5-4-7-13(17)12-16(20(24)27-3)21-18(22)14-8-6-9-15(11-14)19(23)26-2/h4-11,16H,12H2,1-3H3,(H,21,22)/t16-/m1/s1. The van der Waals surface area contributed by atoms with Crippen LogP contribution in [0.3, 0.4) is 0 Å². The normalized spacial score (nSPS) is 11.2. The maximum atomic E-state index is 12.6. The summed E-state index contributed by atoms with van der Waals surface area (Å²) in [6.07, 6.45) is 0.194. The van der Waals surface area contributed by atoms with E-state index in [1.54, 1.807) is 24.3 Å². The highest BCUT2D eigenvalue weighted by molar-refractivity contribution is 5.99. The van der Waals surface area contributed by atoms with E-state index in [4.69, 9.17) is 9.47 Å². The highest BCUT2D eigenvalue weighted by atomic mass is 16.5. The summed E-state index contributed by atoms with van der Waals surface area (Å²) in [6.45, 7) is 0. The molecule has 1 N–H and O–H groups in total. The minimum absolute atomic E-state index is 0.194. The fourth-order valence-corrected chi connectivity index (χ4v) is 2.57. The number of methoxy groups -OCH3 is 3. The lowest BCUT2D eigenvalue weighted by Gasteiger charge is -2.18. The van der Waals surface area contributed by atoms with E-state index in [1.165, 1.54) is 33.5 Å². The maximum Gasteiger partial charge on any atom is 0.337 e. The molecule has 0 saturated heterocycles. The van der Waals surface area contributed by atoms with E-state index in [0.29, 0.717) is 5.75 Å². The number of carbonyl (C=O) groups is 3. The number of carbonyl (C=O) groups excluding carboxylic acids is 3. The van der Waals surface area contributed by atoms with Gasteiger partial charge >= 0.3 is 11.9 Å². The molecular weight excluding hydrogens is 350 g/mol. The molecule has 0 aliphatic rings. The first-order valence-corrected chi connectivity index (χ1v) is 8.19. The van der Waals surface area contributed by atoms with Crippen molar-refractivity contribution in [1.29, 1.82) is 0 Å². The molecule has 2 aromatic carbocycles. The van der Waals surface area contributed by atoms with Gasteiger partial charge in [-0.3, -0.25) is 4.79 Å². The van der Waals surface area contributed by atoms with Crippen molar-refractivity contribution in [1.82, 2.24) is 5.32 Å². The molecule has 1 amide bonds.